The fourth-order valence-electron chi connectivity index (χ4n) is 4.54. The third-order valence-corrected chi connectivity index (χ3v) is 6.59. The molecule has 0 amide bonds. The number of aromatic nitrogens is 3. The molecule has 3 aromatic rings. The van der Waals surface area contributed by atoms with Crippen molar-refractivity contribution in [3.63, 3.8) is 0 Å². The standard InChI is InChI=1S/C28H37FN8/c1-19(2)33-28-17-31-16-26(35-28)21-5-6-22-15-32-27(14-23(22)13-21)34-20(3)25(30)18-36(4)24-7-10-37(11-8-24)12-9-29/h5-6,13-19,24H,3,7-12,30H2,1-2,4H3,(H,32,34)(H,33,35)/b25-18-. The van der Waals surface area contributed by atoms with Crippen LogP contribution in [0, 0.1) is 0 Å². The Balaban J connectivity index is 1.44. The summed E-state index contributed by atoms with van der Waals surface area (Å²) in [6.07, 6.45) is 9.20. The van der Waals surface area contributed by atoms with Crippen molar-refractivity contribution in [1.82, 2.24) is 24.8 Å². The van der Waals surface area contributed by atoms with Gasteiger partial charge in [0.1, 0.15) is 18.3 Å². The zero-order valence-corrected chi connectivity index (χ0v) is 21.9. The van der Waals surface area contributed by atoms with Crippen molar-refractivity contribution in [2.45, 2.75) is 38.8 Å². The molecule has 0 bridgehead atoms. The van der Waals surface area contributed by atoms with Crippen molar-refractivity contribution in [3.8, 4) is 11.3 Å². The summed E-state index contributed by atoms with van der Waals surface area (Å²) in [6.45, 7) is 10.3. The Morgan fingerprint density at radius 1 is 1.19 bits per heavy atom. The van der Waals surface area contributed by atoms with Gasteiger partial charge in [-0.05, 0) is 44.2 Å². The Morgan fingerprint density at radius 3 is 2.70 bits per heavy atom. The van der Waals surface area contributed by atoms with Gasteiger partial charge in [-0.3, -0.25) is 4.98 Å². The zero-order chi connectivity index (χ0) is 26.4. The molecule has 0 radical (unpaired) electrons. The summed E-state index contributed by atoms with van der Waals surface area (Å²) in [6, 6.07) is 8.76. The van der Waals surface area contributed by atoms with Crippen molar-refractivity contribution >= 4 is 22.4 Å². The predicted octanol–water partition coefficient (Wildman–Crippen LogP) is 4.60. The first-order chi connectivity index (χ1) is 17.8. The molecule has 9 heteroatoms. The highest BCUT2D eigenvalue weighted by atomic mass is 19.1. The first kappa shape index (κ1) is 26.3. The van der Waals surface area contributed by atoms with Gasteiger partial charge >= 0.3 is 0 Å². The van der Waals surface area contributed by atoms with Gasteiger partial charge in [0.15, 0.2) is 0 Å². The Bertz CT molecular complexity index is 1250. The van der Waals surface area contributed by atoms with Gasteiger partial charge < -0.3 is 26.2 Å². The van der Waals surface area contributed by atoms with Gasteiger partial charge in [-0.1, -0.05) is 18.7 Å². The number of halogens is 1. The minimum atomic E-state index is -0.292. The number of anilines is 2. The van der Waals surface area contributed by atoms with Gasteiger partial charge in [0.2, 0.25) is 0 Å². The van der Waals surface area contributed by atoms with Gasteiger partial charge in [-0.25, -0.2) is 14.4 Å². The fraction of sp³-hybridized carbons (Fsp3) is 0.393. The number of benzene rings is 1. The van der Waals surface area contributed by atoms with Crippen LogP contribution in [0.1, 0.15) is 26.7 Å². The third-order valence-electron chi connectivity index (χ3n) is 6.59. The molecule has 0 saturated carbocycles. The smallest absolute Gasteiger partial charge is 0.145 e. The van der Waals surface area contributed by atoms with Crippen molar-refractivity contribution in [2.75, 3.05) is 44.0 Å². The molecule has 37 heavy (non-hydrogen) atoms. The minimum Gasteiger partial charge on any atom is -0.396 e. The molecule has 0 spiro atoms. The van der Waals surface area contributed by atoms with Gasteiger partial charge in [-0.2, -0.15) is 0 Å². The molecular weight excluding hydrogens is 467 g/mol. The van der Waals surface area contributed by atoms with Crippen molar-refractivity contribution < 1.29 is 4.39 Å². The predicted molar refractivity (Wildman–Crippen MR) is 150 cm³/mol. The molecule has 1 fully saturated rings. The fourth-order valence-corrected chi connectivity index (χ4v) is 4.54. The Hall–Kier alpha value is -3.72. The molecule has 3 heterocycles. The Morgan fingerprint density at radius 2 is 1.97 bits per heavy atom. The largest absolute Gasteiger partial charge is 0.396 e. The second kappa shape index (κ2) is 12.0. The number of nitrogens with zero attached hydrogens (tertiary/aromatic N) is 5. The van der Waals surface area contributed by atoms with E-state index in [0.717, 1.165) is 53.8 Å². The molecule has 4 N–H and O–H groups in total. The van der Waals surface area contributed by atoms with E-state index in [4.69, 9.17) is 10.7 Å². The SMILES string of the molecule is C=C(Nc1cc2cc(-c3cncc(NC(C)C)n3)ccc2cn1)/C(N)=C/N(C)C1CCN(CCF)CC1. The molecule has 1 aliphatic rings. The lowest BCUT2D eigenvalue weighted by Crippen LogP contribution is -2.42. The van der Waals surface area contributed by atoms with Crippen LogP contribution in [0.15, 0.2) is 67.0 Å². The molecule has 196 valence electrons. The molecule has 2 aromatic heterocycles. The number of likely N-dealkylation sites (tertiary alicyclic amines) is 1. The number of hydrogen-bond donors (Lipinski definition) is 3. The summed E-state index contributed by atoms with van der Waals surface area (Å²) >= 11 is 0. The van der Waals surface area contributed by atoms with Crippen LogP contribution < -0.4 is 16.4 Å². The van der Waals surface area contributed by atoms with Crippen LogP contribution in [0.25, 0.3) is 22.0 Å². The second-order valence-corrected chi connectivity index (χ2v) is 9.84. The number of fused-ring (bicyclic) bond motifs is 1. The molecule has 1 aliphatic heterocycles. The number of piperidine rings is 1. The van der Waals surface area contributed by atoms with E-state index in [2.05, 4.69) is 56.9 Å². The second-order valence-electron chi connectivity index (χ2n) is 9.84. The monoisotopic (exact) mass is 504 g/mol. The van der Waals surface area contributed by atoms with Gasteiger partial charge in [0.25, 0.3) is 0 Å². The minimum absolute atomic E-state index is 0.274. The lowest BCUT2D eigenvalue weighted by Gasteiger charge is -2.36. The topological polar surface area (TPSA) is 95.2 Å². The van der Waals surface area contributed by atoms with Crippen molar-refractivity contribution in [2.24, 2.45) is 5.73 Å². The van der Waals surface area contributed by atoms with E-state index in [1.807, 2.05) is 37.6 Å². The van der Waals surface area contributed by atoms with E-state index in [0.29, 0.717) is 29.8 Å². The molecular formula is C28H37FN8. The summed E-state index contributed by atoms with van der Waals surface area (Å²) in [5.74, 6) is 1.41. The molecule has 1 saturated heterocycles. The van der Waals surface area contributed by atoms with Crippen LogP contribution >= 0.6 is 0 Å². The van der Waals surface area contributed by atoms with Crippen LogP contribution in [0.5, 0.6) is 0 Å². The highest BCUT2D eigenvalue weighted by Crippen LogP contribution is 2.25. The van der Waals surface area contributed by atoms with E-state index >= 15 is 0 Å². The summed E-state index contributed by atoms with van der Waals surface area (Å²) in [4.78, 5) is 17.9. The number of pyridine rings is 1. The van der Waals surface area contributed by atoms with Crippen LogP contribution in [0.4, 0.5) is 16.0 Å². The average molecular weight is 505 g/mol. The quantitative estimate of drug-likeness (QED) is 0.345. The lowest BCUT2D eigenvalue weighted by molar-refractivity contribution is 0.148. The molecule has 1 aromatic carbocycles. The van der Waals surface area contributed by atoms with Crippen molar-refractivity contribution in [1.29, 1.82) is 0 Å². The number of rotatable bonds is 10. The maximum Gasteiger partial charge on any atom is 0.145 e. The maximum atomic E-state index is 12.6. The average Bonchev–Trinajstić information content (AvgIpc) is 2.88. The Labute approximate surface area is 218 Å². The highest BCUT2D eigenvalue weighted by Gasteiger charge is 2.21. The van der Waals surface area contributed by atoms with Crippen LogP contribution in [0.3, 0.4) is 0 Å². The zero-order valence-electron chi connectivity index (χ0n) is 21.9. The van der Waals surface area contributed by atoms with Gasteiger partial charge in [0.05, 0.1) is 29.5 Å². The number of alkyl halides is 1. The van der Waals surface area contributed by atoms with Crippen molar-refractivity contribution in [3.05, 3.63) is 67.0 Å². The first-order valence-corrected chi connectivity index (χ1v) is 12.7. The molecule has 0 atom stereocenters. The lowest BCUT2D eigenvalue weighted by atomic mass is 10.0. The summed E-state index contributed by atoms with van der Waals surface area (Å²) in [5, 5.41) is 8.58. The molecule has 0 aliphatic carbocycles. The van der Waals surface area contributed by atoms with Gasteiger partial charge in [0, 0.05) is 62.1 Å². The van der Waals surface area contributed by atoms with E-state index in [1.54, 1.807) is 12.4 Å². The molecule has 8 nitrogen and oxygen atoms in total. The van der Waals surface area contributed by atoms with Crippen LogP contribution in [-0.2, 0) is 0 Å². The number of nitrogens with two attached hydrogens (primary N) is 1. The van der Waals surface area contributed by atoms with E-state index in [-0.39, 0.29) is 12.7 Å². The summed E-state index contributed by atoms with van der Waals surface area (Å²) < 4.78 is 12.6. The third kappa shape index (κ3) is 6.95. The highest BCUT2D eigenvalue weighted by molar-refractivity contribution is 5.88. The summed E-state index contributed by atoms with van der Waals surface area (Å²) in [7, 11) is 2.03. The first-order valence-electron chi connectivity index (χ1n) is 12.7. The molecule has 4 rings (SSSR count). The number of hydrogen-bond acceptors (Lipinski definition) is 8. The van der Waals surface area contributed by atoms with Crippen LogP contribution in [-0.4, -0.2) is 70.2 Å². The van der Waals surface area contributed by atoms with E-state index in [9.17, 15) is 4.39 Å². The summed E-state index contributed by atoms with van der Waals surface area (Å²) in [5.41, 5.74) is 9.27. The molecule has 0 unspecified atom stereocenters. The van der Waals surface area contributed by atoms with Crippen LogP contribution in [0.2, 0.25) is 0 Å². The Kier molecular flexibility index (Phi) is 8.55. The van der Waals surface area contributed by atoms with Gasteiger partial charge in [-0.15, -0.1) is 0 Å². The number of nitrogens with one attached hydrogen (secondary N) is 2. The maximum absolute atomic E-state index is 12.6. The van der Waals surface area contributed by atoms with E-state index in [1.165, 1.54) is 0 Å². The normalized spacial score (nSPS) is 15.2. The van der Waals surface area contributed by atoms with E-state index < -0.39 is 0 Å².